The first-order chi connectivity index (χ1) is 10.2. The molecule has 0 aliphatic rings. The minimum absolute atomic E-state index is 0.144. The molecule has 0 spiro atoms. The first-order valence-corrected chi connectivity index (χ1v) is 7.00. The van der Waals surface area contributed by atoms with E-state index in [1.54, 1.807) is 4.90 Å². The number of hydrogen-bond acceptors (Lipinski definition) is 2. The van der Waals surface area contributed by atoms with Gasteiger partial charge in [0.2, 0.25) is 0 Å². The lowest BCUT2D eigenvalue weighted by Crippen LogP contribution is -2.41. The van der Waals surface area contributed by atoms with Gasteiger partial charge in [-0.1, -0.05) is 30.3 Å². The van der Waals surface area contributed by atoms with Gasteiger partial charge in [-0.15, -0.1) is 0 Å². The molecule has 0 saturated heterocycles. The van der Waals surface area contributed by atoms with Crippen LogP contribution in [0.2, 0.25) is 0 Å². The van der Waals surface area contributed by atoms with Crippen molar-refractivity contribution < 1.29 is 9.53 Å². The number of rotatable bonds is 5. The maximum Gasteiger partial charge on any atom is 0.324 e. The highest BCUT2D eigenvalue weighted by Gasteiger charge is 2.13. The Hall–Kier alpha value is -2.49. The van der Waals surface area contributed by atoms with Gasteiger partial charge in [0.25, 0.3) is 0 Å². The zero-order valence-corrected chi connectivity index (χ0v) is 12.4. The molecule has 0 heterocycles. The maximum absolute atomic E-state index is 12.2. The van der Waals surface area contributed by atoms with Crippen LogP contribution >= 0.6 is 0 Å². The van der Waals surface area contributed by atoms with Crippen LogP contribution < -0.4 is 15.0 Å². The summed E-state index contributed by atoms with van der Waals surface area (Å²) in [4.78, 5) is 13.9. The van der Waals surface area contributed by atoms with E-state index in [1.807, 2.05) is 68.4 Å². The third kappa shape index (κ3) is 4.24. The molecule has 2 aromatic carbocycles. The van der Waals surface area contributed by atoms with Gasteiger partial charge in [-0.25, -0.2) is 4.79 Å². The Labute approximate surface area is 125 Å². The lowest BCUT2D eigenvalue weighted by molar-refractivity contribution is 0.229. The van der Waals surface area contributed by atoms with Crippen LogP contribution in [-0.4, -0.2) is 19.3 Å². The van der Waals surface area contributed by atoms with E-state index < -0.39 is 0 Å². The molecule has 0 atom stereocenters. The Morgan fingerprint density at radius 3 is 2.57 bits per heavy atom. The second-order valence-electron chi connectivity index (χ2n) is 4.67. The Morgan fingerprint density at radius 2 is 1.90 bits per heavy atom. The van der Waals surface area contributed by atoms with Crippen LogP contribution in [0, 0.1) is 6.92 Å². The first-order valence-electron chi connectivity index (χ1n) is 7.00. The van der Waals surface area contributed by atoms with Gasteiger partial charge in [0.1, 0.15) is 5.75 Å². The SMILES string of the molecule is CCN(C(=O)NCOc1ccccc1)c1cccc(C)c1. The quantitative estimate of drug-likeness (QED) is 0.853. The fraction of sp³-hybridized carbons (Fsp3) is 0.235. The molecule has 0 aliphatic heterocycles. The van der Waals surface area contributed by atoms with Crippen molar-refractivity contribution in [3.8, 4) is 5.75 Å². The third-order valence-electron chi connectivity index (χ3n) is 3.08. The normalized spacial score (nSPS) is 10.0. The van der Waals surface area contributed by atoms with Crippen molar-refractivity contribution in [2.75, 3.05) is 18.2 Å². The summed E-state index contributed by atoms with van der Waals surface area (Å²) in [6.45, 7) is 4.69. The number of benzene rings is 2. The smallest absolute Gasteiger partial charge is 0.324 e. The van der Waals surface area contributed by atoms with Crippen molar-refractivity contribution in [1.82, 2.24) is 5.32 Å². The van der Waals surface area contributed by atoms with Crippen molar-refractivity contribution >= 4 is 11.7 Å². The number of hydrogen-bond donors (Lipinski definition) is 1. The van der Waals surface area contributed by atoms with Gasteiger partial charge in [0, 0.05) is 12.2 Å². The molecule has 4 heteroatoms. The molecule has 0 bridgehead atoms. The largest absolute Gasteiger partial charge is 0.473 e. The van der Waals surface area contributed by atoms with Gasteiger partial charge < -0.3 is 10.1 Å². The molecule has 1 N–H and O–H groups in total. The second kappa shape index (κ2) is 7.33. The molecule has 21 heavy (non-hydrogen) atoms. The Kier molecular flexibility index (Phi) is 5.21. The van der Waals surface area contributed by atoms with Crippen molar-refractivity contribution in [2.45, 2.75) is 13.8 Å². The second-order valence-corrected chi connectivity index (χ2v) is 4.67. The summed E-state index contributed by atoms with van der Waals surface area (Å²) in [6.07, 6.45) is 0. The fourth-order valence-electron chi connectivity index (χ4n) is 2.03. The number of nitrogens with zero attached hydrogens (tertiary/aromatic N) is 1. The topological polar surface area (TPSA) is 41.6 Å². The standard InChI is InChI=1S/C17H20N2O2/c1-3-19(15-9-7-8-14(2)12-15)17(20)18-13-21-16-10-5-4-6-11-16/h4-12H,3,13H2,1-2H3,(H,18,20). The summed E-state index contributed by atoms with van der Waals surface area (Å²) < 4.78 is 5.47. The van der Waals surface area contributed by atoms with Gasteiger partial charge in [-0.05, 0) is 43.7 Å². The van der Waals surface area contributed by atoms with E-state index in [0.29, 0.717) is 6.54 Å². The first kappa shape index (κ1) is 14.9. The van der Waals surface area contributed by atoms with Crippen LogP contribution in [0.15, 0.2) is 54.6 Å². The lowest BCUT2D eigenvalue weighted by atomic mass is 10.2. The number of carbonyl (C=O) groups is 1. The highest BCUT2D eigenvalue weighted by Crippen LogP contribution is 2.15. The molecule has 0 fully saturated rings. The highest BCUT2D eigenvalue weighted by atomic mass is 16.5. The number of aryl methyl sites for hydroxylation is 1. The minimum Gasteiger partial charge on any atom is -0.473 e. The summed E-state index contributed by atoms with van der Waals surface area (Å²) in [5.74, 6) is 0.733. The van der Waals surface area contributed by atoms with Crippen LogP contribution in [0.1, 0.15) is 12.5 Å². The van der Waals surface area contributed by atoms with Gasteiger partial charge >= 0.3 is 6.03 Å². The van der Waals surface area contributed by atoms with E-state index >= 15 is 0 Å². The van der Waals surface area contributed by atoms with Crippen molar-refractivity contribution in [1.29, 1.82) is 0 Å². The van der Waals surface area contributed by atoms with E-state index in [4.69, 9.17) is 4.74 Å². The molecular weight excluding hydrogens is 264 g/mol. The molecule has 0 aliphatic carbocycles. The molecule has 0 unspecified atom stereocenters. The van der Waals surface area contributed by atoms with Gasteiger partial charge in [0.05, 0.1) is 0 Å². The summed E-state index contributed by atoms with van der Waals surface area (Å²) >= 11 is 0. The van der Waals surface area contributed by atoms with Crippen molar-refractivity contribution in [3.05, 3.63) is 60.2 Å². The monoisotopic (exact) mass is 284 g/mol. The molecular formula is C17H20N2O2. The molecule has 0 aromatic heterocycles. The number of amides is 2. The van der Waals surface area contributed by atoms with Crippen LogP contribution in [0.4, 0.5) is 10.5 Å². The number of urea groups is 1. The third-order valence-corrected chi connectivity index (χ3v) is 3.08. The zero-order chi connectivity index (χ0) is 15.1. The average molecular weight is 284 g/mol. The summed E-state index contributed by atoms with van der Waals surface area (Å²) in [5, 5.41) is 2.76. The summed E-state index contributed by atoms with van der Waals surface area (Å²) in [6, 6.07) is 17.1. The summed E-state index contributed by atoms with van der Waals surface area (Å²) in [7, 11) is 0. The van der Waals surface area contributed by atoms with E-state index in [1.165, 1.54) is 0 Å². The predicted octanol–water partition coefficient (Wildman–Crippen LogP) is 3.57. The molecule has 0 saturated carbocycles. The highest BCUT2D eigenvalue weighted by molar-refractivity contribution is 5.91. The Morgan fingerprint density at radius 1 is 1.14 bits per heavy atom. The Bertz CT molecular complexity index is 584. The van der Waals surface area contributed by atoms with Gasteiger partial charge in [0.15, 0.2) is 6.73 Å². The van der Waals surface area contributed by atoms with Crippen molar-refractivity contribution in [2.24, 2.45) is 0 Å². The lowest BCUT2D eigenvalue weighted by Gasteiger charge is -2.22. The molecule has 0 radical (unpaired) electrons. The number of anilines is 1. The minimum atomic E-state index is -0.168. The maximum atomic E-state index is 12.2. The molecule has 2 rings (SSSR count). The van der Waals surface area contributed by atoms with Crippen molar-refractivity contribution in [3.63, 3.8) is 0 Å². The van der Waals surface area contributed by atoms with Crippen LogP contribution in [0.5, 0.6) is 5.75 Å². The number of para-hydroxylation sites is 1. The van der Waals surface area contributed by atoms with Gasteiger partial charge in [-0.2, -0.15) is 0 Å². The number of ether oxygens (including phenoxy) is 1. The van der Waals surface area contributed by atoms with E-state index in [9.17, 15) is 4.79 Å². The molecule has 2 aromatic rings. The predicted molar refractivity (Wildman–Crippen MR) is 84.7 cm³/mol. The number of carbonyl (C=O) groups excluding carboxylic acids is 1. The average Bonchev–Trinajstić information content (AvgIpc) is 2.49. The van der Waals surface area contributed by atoms with Crippen LogP contribution in [-0.2, 0) is 0 Å². The zero-order valence-electron chi connectivity index (χ0n) is 12.4. The van der Waals surface area contributed by atoms with E-state index in [0.717, 1.165) is 17.0 Å². The molecule has 110 valence electrons. The fourth-order valence-corrected chi connectivity index (χ4v) is 2.03. The number of nitrogens with one attached hydrogen (secondary N) is 1. The van der Waals surface area contributed by atoms with E-state index in [2.05, 4.69) is 5.32 Å². The molecule has 2 amide bonds. The van der Waals surface area contributed by atoms with Crippen LogP contribution in [0.3, 0.4) is 0 Å². The molecule has 4 nitrogen and oxygen atoms in total. The Balaban J connectivity index is 1.92. The van der Waals surface area contributed by atoms with Crippen LogP contribution in [0.25, 0.3) is 0 Å². The summed E-state index contributed by atoms with van der Waals surface area (Å²) in [5.41, 5.74) is 2.01. The van der Waals surface area contributed by atoms with Gasteiger partial charge in [-0.3, -0.25) is 4.90 Å². The van der Waals surface area contributed by atoms with E-state index in [-0.39, 0.29) is 12.8 Å².